The van der Waals surface area contributed by atoms with E-state index in [9.17, 15) is 13.2 Å². The molecule has 1 aliphatic heterocycles. The fourth-order valence-corrected chi connectivity index (χ4v) is 1.33. The smallest absolute Gasteiger partial charge is 0.256 e. The predicted molar refractivity (Wildman–Crippen MR) is 50.6 cm³/mol. The topological polar surface area (TPSA) is 12.4 Å². The molecule has 1 rings (SSSR count). The van der Waals surface area contributed by atoms with Crippen molar-refractivity contribution in [2.24, 2.45) is 4.99 Å². The van der Waals surface area contributed by atoms with Crippen molar-refractivity contribution in [3.8, 4) is 0 Å². The third-order valence-corrected chi connectivity index (χ3v) is 2.04. The third-order valence-electron chi connectivity index (χ3n) is 1.69. The minimum Gasteiger partial charge on any atom is -0.256 e. The van der Waals surface area contributed by atoms with Crippen molar-refractivity contribution < 1.29 is 13.2 Å². The second kappa shape index (κ2) is 4.17. The number of allylic oxidation sites excluding steroid dienone is 2. The summed E-state index contributed by atoms with van der Waals surface area (Å²) in [6.07, 6.45) is 0.364. The second-order valence-corrected chi connectivity index (χ2v) is 3.21. The molecule has 0 aliphatic carbocycles. The molecule has 1 heterocycles. The summed E-state index contributed by atoms with van der Waals surface area (Å²) < 4.78 is 36.5. The average molecular weight is 224 g/mol. The van der Waals surface area contributed by atoms with Crippen molar-refractivity contribution in [2.75, 3.05) is 0 Å². The number of rotatable bonds is 1. The van der Waals surface area contributed by atoms with Crippen LogP contribution in [0.4, 0.5) is 13.2 Å². The molecule has 78 valence electrons. The number of alkyl halides is 4. The lowest BCUT2D eigenvalue weighted by atomic mass is 10.1. The Hall–Kier alpha value is -0.770. The van der Waals surface area contributed by atoms with Gasteiger partial charge in [0, 0.05) is 0 Å². The van der Waals surface area contributed by atoms with Crippen LogP contribution in [0, 0.1) is 0 Å². The number of halogens is 4. The van der Waals surface area contributed by atoms with Gasteiger partial charge >= 0.3 is 6.18 Å². The van der Waals surface area contributed by atoms with Crippen molar-refractivity contribution in [3.63, 3.8) is 0 Å². The van der Waals surface area contributed by atoms with Crippen LogP contribution in [0.3, 0.4) is 0 Å². The van der Waals surface area contributed by atoms with E-state index in [-0.39, 0.29) is 0 Å². The number of hydrogen-bond acceptors (Lipinski definition) is 1. The van der Waals surface area contributed by atoms with Gasteiger partial charge < -0.3 is 0 Å². The zero-order valence-electron chi connectivity index (χ0n) is 7.48. The molecule has 0 aromatic rings. The first-order valence-corrected chi connectivity index (χ1v) is 4.56. The van der Waals surface area contributed by atoms with Crippen LogP contribution in [0.2, 0.25) is 0 Å². The van der Waals surface area contributed by atoms with Gasteiger partial charge in [0.1, 0.15) is 11.2 Å². The van der Waals surface area contributed by atoms with E-state index in [4.69, 9.17) is 11.6 Å². The molecule has 0 aromatic carbocycles. The summed E-state index contributed by atoms with van der Waals surface area (Å²) in [5.74, 6) is 0. The maximum absolute atomic E-state index is 12.2. The fraction of sp³-hybridized carbons (Fsp3) is 0.444. The summed E-state index contributed by atoms with van der Waals surface area (Å²) in [7, 11) is 0. The average Bonchev–Trinajstić information content (AvgIpc) is 2.07. The Bertz CT molecular complexity index is 302. The minimum absolute atomic E-state index is 0.613. The first kappa shape index (κ1) is 11.3. The lowest BCUT2D eigenvalue weighted by Gasteiger charge is -2.15. The Balaban J connectivity index is 2.88. The molecule has 0 amide bonds. The molecule has 0 spiro atoms. The van der Waals surface area contributed by atoms with Gasteiger partial charge in [-0.15, -0.1) is 0 Å². The fourth-order valence-electron chi connectivity index (χ4n) is 1.06. The van der Waals surface area contributed by atoms with Crippen LogP contribution in [0.5, 0.6) is 0 Å². The van der Waals surface area contributed by atoms with Gasteiger partial charge in [-0.2, -0.15) is 13.2 Å². The zero-order valence-corrected chi connectivity index (χ0v) is 8.23. The molecule has 1 nitrogen and oxygen atoms in total. The molecule has 0 aromatic heterocycles. The van der Waals surface area contributed by atoms with E-state index in [2.05, 4.69) is 4.99 Å². The first-order chi connectivity index (χ1) is 6.45. The first-order valence-electron chi connectivity index (χ1n) is 4.12. The van der Waals surface area contributed by atoms with Crippen LogP contribution >= 0.6 is 11.6 Å². The molecule has 0 fully saturated rings. The Labute approximate surface area is 85.0 Å². The van der Waals surface area contributed by atoms with Crippen LogP contribution < -0.4 is 0 Å². The molecule has 0 saturated carbocycles. The van der Waals surface area contributed by atoms with Crippen molar-refractivity contribution in [2.45, 2.75) is 25.0 Å². The molecular weight excluding hydrogens is 215 g/mol. The molecule has 1 atom stereocenters. The largest absolute Gasteiger partial charge is 0.432 e. The SMILES string of the molecule is CCC=C1C=CC(C(F)(F)F)=NC1Cl. The summed E-state index contributed by atoms with van der Waals surface area (Å²) >= 11 is 5.66. The lowest BCUT2D eigenvalue weighted by molar-refractivity contribution is -0.0579. The quantitative estimate of drug-likeness (QED) is 0.477. The zero-order chi connectivity index (χ0) is 10.8. The third kappa shape index (κ3) is 2.61. The van der Waals surface area contributed by atoms with Crippen molar-refractivity contribution in [1.29, 1.82) is 0 Å². The minimum atomic E-state index is -4.42. The summed E-state index contributed by atoms with van der Waals surface area (Å²) in [6, 6.07) is 0. The van der Waals surface area contributed by atoms with Crippen LogP contribution in [0.1, 0.15) is 13.3 Å². The summed E-state index contributed by atoms with van der Waals surface area (Å²) in [6.45, 7) is 1.88. The van der Waals surface area contributed by atoms with E-state index in [0.29, 0.717) is 5.57 Å². The van der Waals surface area contributed by atoms with Gasteiger partial charge in [-0.1, -0.05) is 30.7 Å². The molecule has 0 N–H and O–H groups in total. The number of nitrogens with zero attached hydrogens (tertiary/aromatic N) is 1. The Morgan fingerprint density at radius 1 is 1.50 bits per heavy atom. The molecule has 0 radical (unpaired) electrons. The molecule has 0 bridgehead atoms. The van der Waals surface area contributed by atoms with Gasteiger partial charge in [0.05, 0.1) is 0 Å². The van der Waals surface area contributed by atoms with Crippen molar-refractivity contribution in [1.82, 2.24) is 0 Å². The molecule has 5 heteroatoms. The molecule has 0 saturated heterocycles. The molecule has 1 aliphatic rings. The lowest BCUT2D eigenvalue weighted by Crippen LogP contribution is -2.24. The molecule has 14 heavy (non-hydrogen) atoms. The predicted octanol–water partition coefficient (Wildman–Crippen LogP) is 3.46. The monoisotopic (exact) mass is 223 g/mol. The van der Waals surface area contributed by atoms with E-state index < -0.39 is 17.4 Å². The summed E-state index contributed by atoms with van der Waals surface area (Å²) in [4.78, 5) is 3.36. The van der Waals surface area contributed by atoms with Gasteiger partial charge in [0.25, 0.3) is 0 Å². The van der Waals surface area contributed by atoms with E-state index >= 15 is 0 Å². The van der Waals surface area contributed by atoms with Crippen molar-refractivity contribution in [3.05, 3.63) is 23.8 Å². The molecular formula is C9H9ClF3N. The second-order valence-electron chi connectivity index (χ2n) is 2.79. The van der Waals surface area contributed by atoms with Gasteiger partial charge in [0.15, 0.2) is 0 Å². The van der Waals surface area contributed by atoms with Gasteiger partial charge in [-0.3, -0.25) is 4.99 Å². The highest BCUT2D eigenvalue weighted by molar-refractivity contribution is 6.24. The van der Waals surface area contributed by atoms with Crippen LogP contribution in [-0.2, 0) is 0 Å². The number of dihydropyridines is 1. The number of aliphatic imine (C=N–C) groups is 1. The van der Waals surface area contributed by atoms with E-state index in [1.165, 1.54) is 6.08 Å². The standard InChI is InChI=1S/C9H9ClF3N/c1-2-3-6-4-5-7(9(11,12)13)14-8(6)10/h3-5,8H,2H2,1H3. The molecule has 1 unspecified atom stereocenters. The normalized spacial score (nSPS) is 25.4. The van der Waals surface area contributed by atoms with Crippen LogP contribution in [0.25, 0.3) is 0 Å². The maximum Gasteiger partial charge on any atom is 0.432 e. The van der Waals surface area contributed by atoms with Crippen LogP contribution in [0.15, 0.2) is 28.8 Å². The van der Waals surface area contributed by atoms with Crippen molar-refractivity contribution >= 4 is 17.3 Å². The van der Waals surface area contributed by atoms with E-state index in [0.717, 1.165) is 12.5 Å². The van der Waals surface area contributed by atoms with Gasteiger partial charge in [-0.25, -0.2) is 0 Å². The Kier molecular flexibility index (Phi) is 3.37. The Morgan fingerprint density at radius 3 is 2.57 bits per heavy atom. The summed E-state index contributed by atoms with van der Waals surface area (Å²) in [5, 5.41) is 0. The van der Waals surface area contributed by atoms with E-state index in [1.807, 2.05) is 6.92 Å². The Morgan fingerprint density at radius 2 is 2.14 bits per heavy atom. The maximum atomic E-state index is 12.2. The summed E-state index contributed by atoms with van der Waals surface area (Å²) in [5.41, 5.74) is -1.23. The highest BCUT2D eigenvalue weighted by Crippen LogP contribution is 2.26. The highest BCUT2D eigenvalue weighted by atomic mass is 35.5. The van der Waals surface area contributed by atoms with Gasteiger partial charge in [0.2, 0.25) is 0 Å². The number of hydrogen-bond donors (Lipinski definition) is 0. The van der Waals surface area contributed by atoms with Crippen LogP contribution in [-0.4, -0.2) is 17.4 Å². The highest BCUT2D eigenvalue weighted by Gasteiger charge is 2.35. The van der Waals surface area contributed by atoms with E-state index in [1.54, 1.807) is 6.08 Å². The van der Waals surface area contributed by atoms with Gasteiger partial charge in [-0.05, 0) is 18.1 Å².